The van der Waals surface area contributed by atoms with E-state index in [-0.39, 0.29) is 5.56 Å². The zero-order valence-electron chi connectivity index (χ0n) is 15.1. The quantitative estimate of drug-likeness (QED) is 0.700. The molecule has 1 N–H and O–H groups in total. The Hall–Kier alpha value is -3.08. The molecule has 27 heavy (non-hydrogen) atoms. The molecular formula is C22H22N2O3. The summed E-state index contributed by atoms with van der Waals surface area (Å²) in [5.41, 5.74) is 1.58. The smallest absolute Gasteiger partial charge is 0.349 e. The number of hydrogen-bond acceptors (Lipinski definition) is 4. The summed E-state index contributed by atoms with van der Waals surface area (Å²) in [4.78, 5) is 27.4. The lowest BCUT2D eigenvalue weighted by Crippen LogP contribution is -2.26. The van der Waals surface area contributed by atoms with E-state index in [2.05, 4.69) is 10.2 Å². The van der Waals surface area contributed by atoms with Gasteiger partial charge < -0.3 is 14.6 Å². The van der Waals surface area contributed by atoms with Gasteiger partial charge in [0, 0.05) is 18.5 Å². The summed E-state index contributed by atoms with van der Waals surface area (Å²) in [6.07, 6.45) is 4.78. The van der Waals surface area contributed by atoms with Gasteiger partial charge in [0.25, 0.3) is 5.91 Å². The molecular weight excluding hydrogens is 340 g/mol. The van der Waals surface area contributed by atoms with Crippen LogP contribution >= 0.6 is 0 Å². The second kappa shape index (κ2) is 7.66. The Bertz CT molecular complexity index is 1020. The minimum absolute atomic E-state index is 0.0133. The molecule has 1 aromatic heterocycles. The van der Waals surface area contributed by atoms with Crippen molar-refractivity contribution in [3.8, 4) is 0 Å². The third-order valence-electron chi connectivity index (χ3n) is 4.99. The zero-order chi connectivity index (χ0) is 18.6. The van der Waals surface area contributed by atoms with Crippen LogP contribution in [-0.4, -0.2) is 19.0 Å². The number of rotatable bonds is 3. The molecule has 1 amide bonds. The summed E-state index contributed by atoms with van der Waals surface area (Å²) in [5.74, 6) is -0.447. The van der Waals surface area contributed by atoms with Crippen molar-refractivity contribution in [3.63, 3.8) is 0 Å². The van der Waals surface area contributed by atoms with Crippen LogP contribution in [-0.2, 0) is 0 Å². The van der Waals surface area contributed by atoms with E-state index in [1.165, 1.54) is 12.8 Å². The molecule has 5 heteroatoms. The predicted octanol–water partition coefficient (Wildman–Crippen LogP) is 4.43. The van der Waals surface area contributed by atoms with Gasteiger partial charge in [-0.05, 0) is 37.1 Å². The lowest BCUT2D eigenvalue weighted by molar-refractivity contribution is 0.102. The van der Waals surface area contributed by atoms with Gasteiger partial charge in [-0.2, -0.15) is 0 Å². The zero-order valence-corrected chi connectivity index (χ0v) is 15.1. The van der Waals surface area contributed by atoms with Crippen LogP contribution in [0.4, 0.5) is 11.4 Å². The molecule has 1 aliphatic rings. The van der Waals surface area contributed by atoms with Gasteiger partial charge in [-0.25, -0.2) is 4.79 Å². The van der Waals surface area contributed by atoms with Crippen molar-refractivity contribution in [3.05, 3.63) is 70.6 Å². The molecule has 1 fully saturated rings. The van der Waals surface area contributed by atoms with Gasteiger partial charge in [-0.15, -0.1) is 0 Å². The molecule has 138 valence electrons. The topological polar surface area (TPSA) is 62.6 Å². The molecule has 1 aliphatic heterocycles. The first-order chi connectivity index (χ1) is 13.2. The monoisotopic (exact) mass is 362 g/mol. The van der Waals surface area contributed by atoms with Crippen molar-refractivity contribution in [2.24, 2.45) is 0 Å². The number of carbonyl (C=O) groups is 1. The first kappa shape index (κ1) is 17.3. The lowest BCUT2D eigenvalue weighted by Gasteiger charge is -2.25. The Morgan fingerprint density at radius 1 is 0.926 bits per heavy atom. The summed E-state index contributed by atoms with van der Waals surface area (Å²) < 4.78 is 5.29. The van der Waals surface area contributed by atoms with Gasteiger partial charge in [-0.1, -0.05) is 43.2 Å². The fraction of sp³-hybridized carbons (Fsp3) is 0.273. The minimum Gasteiger partial charge on any atom is -0.422 e. The van der Waals surface area contributed by atoms with Crippen molar-refractivity contribution in [2.45, 2.75) is 25.7 Å². The highest BCUT2D eigenvalue weighted by molar-refractivity contribution is 6.06. The van der Waals surface area contributed by atoms with Gasteiger partial charge in [-0.3, -0.25) is 4.79 Å². The first-order valence-electron chi connectivity index (χ1n) is 9.40. The van der Waals surface area contributed by atoms with Gasteiger partial charge in [0.05, 0.1) is 11.4 Å². The first-order valence-corrected chi connectivity index (χ1v) is 9.40. The standard InChI is InChI=1S/C22H22N2O3/c25-21(17-15-16-9-3-6-12-20(16)27-22(17)26)23-18-10-4-5-11-19(18)24-13-7-1-2-8-14-24/h3-6,9-12,15H,1-2,7-8,13-14H2,(H,23,25). The third kappa shape index (κ3) is 3.72. The van der Waals surface area contributed by atoms with E-state index in [9.17, 15) is 9.59 Å². The van der Waals surface area contributed by atoms with E-state index in [1.807, 2.05) is 36.4 Å². The van der Waals surface area contributed by atoms with Crippen molar-refractivity contribution in [1.29, 1.82) is 0 Å². The van der Waals surface area contributed by atoms with E-state index in [0.717, 1.165) is 42.7 Å². The van der Waals surface area contributed by atoms with E-state index in [1.54, 1.807) is 18.2 Å². The van der Waals surface area contributed by atoms with E-state index >= 15 is 0 Å². The number of carbonyl (C=O) groups excluding carboxylic acids is 1. The Labute approximate surface area is 157 Å². The number of nitrogens with zero attached hydrogens (tertiary/aromatic N) is 1. The number of fused-ring (bicyclic) bond motifs is 1. The normalized spacial score (nSPS) is 14.7. The van der Waals surface area contributed by atoms with Crippen LogP contribution in [0.3, 0.4) is 0 Å². The molecule has 3 aromatic rings. The predicted molar refractivity (Wildman–Crippen MR) is 108 cm³/mol. The largest absolute Gasteiger partial charge is 0.422 e. The van der Waals surface area contributed by atoms with Crippen LogP contribution in [0.2, 0.25) is 0 Å². The minimum atomic E-state index is -0.626. The van der Waals surface area contributed by atoms with E-state index in [0.29, 0.717) is 5.58 Å². The molecule has 1 saturated heterocycles. The second-order valence-corrected chi connectivity index (χ2v) is 6.86. The van der Waals surface area contributed by atoms with Gasteiger partial charge in [0.15, 0.2) is 0 Å². The summed E-state index contributed by atoms with van der Waals surface area (Å²) >= 11 is 0. The maximum Gasteiger partial charge on any atom is 0.349 e. The van der Waals surface area contributed by atoms with Crippen molar-refractivity contribution < 1.29 is 9.21 Å². The summed E-state index contributed by atoms with van der Waals surface area (Å²) in [6.45, 7) is 1.95. The Morgan fingerprint density at radius 3 is 2.44 bits per heavy atom. The average molecular weight is 362 g/mol. The number of benzene rings is 2. The summed E-state index contributed by atoms with van der Waals surface area (Å²) in [6, 6.07) is 16.5. The highest BCUT2D eigenvalue weighted by atomic mass is 16.4. The Morgan fingerprint density at radius 2 is 1.63 bits per heavy atom. The maximum atomic E-state index is 12.8. The van der Waals surface area contributed by atoms with Crippen LogP contribution < -0.4 is 15.8 Å². The fourth-order valence-corrected chi connectivity index (χ4v) is 3.58. The number of amides is 1. The fourth-order valence-electron chi connectivity index (χ4n) is 3.58. The van der Waals surface area contributed by atoms with Gasteiger partial charge in [0.1, 0.15) is 11.1 Å². The maximum absolute atomic E-state index is 12.8. The van der Waals surface area contributed by atoms with Crippen LogP contribution in [0.25, 0.3) is 11.0 Å². The Kier molecular flexibility index (Phi) is 4.92. The summed E-state index contributed by atoms with van der Waals surface area (Å²) in [5, 5.41) is 3.63. The van der Waals surface area contributed by atoms with E-state index < -0.39 is 11.5 Å². The number of para-hydroxylation sites is 3. The van der Waals surface area contributed by atoms with Gasteiger partial charge >= 0.3 is 5.63 Å². The molecule has 0 spiro atoms. The van der Waals surface area contributed by atoms with E-state index in [4.69, 9.17) is 4.42 Å². The molecule has 2 heterocycles. The summed E-state index contributed by atoms with van der Waals surface area (Å²) in [7, 11) is 0. The highest BCUT2D eigenvalue weighted by Gasteiger charge is 2.18. The number of anilines is 2. The molecule has 5 nitrogen and oxygen atoms in total. The average Bonchev–Trinajstić information content (AvgIpc) is 2.97. The molecule has 4 rings (SSSR count). The molecule has 0 radical (unpaired) electrons. The van der Waals surface area contributed by atoms with Crippen LogP contribution in [0, 0.1) is 0 Å². The second-order valence-electron chi connectivity index (χ2n) is 6.86. The molecule has 0 atom stereocenters. The third-order valence-corrected chi connectivity index (χ3v) is 4.99. The lowest BCUT2D eigenvalue weighted by atomic mass is 10.1. The highest BCUT2D eigenvalue weighted by Crippen LogP contribution is 2.28. The van der Waals surface area contributed by atoms with Gasteiger partial charge in [0.2, 0.25) is 0 Å². The SMILES string of the molecule is O=C(Nc1ccccc1N1CCCCCC1)c1cc2ccccc2oc1=O. The molecule has 0 aliphatic carbocycles. The van der Waals surface area contributed by atoms with Crippen LogP contribution in [0.1, 0.15) is 36.0 Å². The van der Waals surface area contributed by atoms with Crippen LogP contribution in [0.5, 0.6) is 0 Å². The van der Waals surface area contributed by atoms with Crippen molar-refractivity contribution in [2.75, 3.05) is 23.3 Å². The van der Waals surface area contributed by atoms with Crippen LogP contribution in [0.15, 0.2) is 63.8 Å². The molecule has 0 unspecified atom stereocenters. The molecule has 0 bridgehead atoms. The van der Waals surface area contributed by atoms with Crippen molar-refractivity contribution >= 4 is 28.3 Å². The molecule has 2 aromatic carbocycles. The van der Waals surface area contributed by atoms with Crippen molar-refractivity contribution in [1.82, 2.24) is 0 Å². The molecule has 0 saturated carbocycles. The Balaban J connectivity index is 1.64. The number of hydrogen-bond donors (Lipinski definition) is 1. The number of nitrogens with one attached hydrogen (secondary N) is 1.